The summed E-state index contributed by atoms with van der Waals surface area (Å²) in [5.74, 6) is -1.24. The maximum absolute atomic E-state index is 14.1. The van der Waals surface area contributed by atoms with Crippen molar-refractivity contribution in [2.45, 2.75) is 25.8 Å². The highest BCUT2D eigenvalue weighted by molar-refractivity contribution is 6.07. The van der Waals surface area contributed by atoms with Crippen LogP contribution in [-0.2, 0) is 23.1 Å². The number of nitrogens with one attached hydrogen (secondary N) is 3. The Morgan fingerprint density at radius 2 is 1.73 bits per heavy atom. The van der Waals surface area contributed by atoms with Crippen molar-refractivity contribution in [2.75, 3.05) is 30.5 Å². The van der Waals surface area contributed by atoms with Gasteiger partial charge in [-0.05, 0) is 67.1 Å². The summed E-state index contributed by atoms with van der Waals surface area (Å²) in [7, 11) is 3.36. The summed E-state index contributed by atoms with van der Waals surface area (Å²) in [6.45, 7) is 2.36. The van der Waals surface area contributed by atoms with Gasteiger partial charge in [-0.25, -0.2) is 14.8 Å². The highest BCUT2D eigenvalue weighted by Crippen LogP contribution is 2.30. The lowest BCUT2D eigenvalue weighted by Crippen LogP contribution is -2.37. The Labute approximate surface area is 283 Å². The molecule has 13 nitrogen and oxygen atoms in total. The maximum Gasteiger partial charge on any atom is 0.412 e. The third-order valence-corrected chi connectivity index (χ3v) is 7.86. The second kappa shape index (κ2) is 15.6. The fourth-order valence-electron chi connectivity index (χ4n) is 5.28. The van der Waals surface area contributed by atoms with Crippen LogP contribution >= 0.6 is 0 Å². The molecule has 2 aromatic heterocycles. The number of aryl methyl sites for hydroxylation is 1. The number of imidazole rings is 1. The minimum atomic E-state index is -1.10. The number of nitrogens with zero attached hydrogens (tertiary/aromatic N) is 4. The molecular weight excluding hydrogens is 626 g/mol. The van der Waals surface area contributed by atoms with Crippen LogP contribution in [0.15, 0.2) is 91.1 Å². The van der Waals surface area contributed by atoms with Crippen molar-refractivity contribution in [3.05, 3.63) is 114 Å². The average Bonchev–Trinajstić information content (AvgIpc) is 3.44. The molecule has 2 amide bonds. The van der Waals surface area contributed by atoms with Gasteiger partial charge in [0.05, 0.1) is 31.3 Å². The number of aliphatic carboxylic acids is 1. The van der Waals surface area contributed by atoms with E-state index >= 15 is 0 Å². The van der Waals surface area contributed by atoms with Gasteiger partial charge in [-0.1, -0.05) is 31.2 Å². The molecule has 0 aliphatic heterocycles. The average molecular weight is 664 g/mol. The Morgan fingerprint density at radius 1 is 1.00 bits per heavy atom. The number of carboxylic acid groups (broad SMARTS) is 1. The van der Waals surface area contributed by atoms with E-state index in [1.807, 2.05) is 24.6 Å². The second-order valence-electron chi connectivity index (χ2n) is 11.1. The van der Waals surface area contributed by atoms with Crippen LogP contribution in [0.3, 0.4) is 0 Å². The molecule has 0 spiro atoms. The number of hydrogen-bond acceptors (Lipinski definition) is 9. The second-order valence-corrected chi connectivity index (χ2v) is 11.1. The minimum absolute atomic E-state index is 0.0618. The summed E-state index contributed by atoms with van der Waals surface area (Å²) >= 11 is 0. The van der Waals surface area contributed by atoms with Gasteiger partial charge in [-0.2, -0.15) is 0 Å². The molecule has 1 atom stereocenters. The molecule has 0 saturated heterocycles. The number of alkyl carbamates (subject to hydrolysis) is 1. The topological polar surface area (TPSA) is 172 Å². The molecule has 49 heavy (non-hydrogen) atoms. The van der Waals surface area contributed by atoms with E-state index in [2.05, 4.69) is 15.6 Å². The van der Waals surface area contributed by atoms with Crippen molar-refractivity contribution in [1.29, 1.82) is 5.41 Å². The zero-order chi connectivity index (χ0) is 34.9. The lowest BCUT2D eigenvalue weighted by atomic mass is 9.97. The number of methoxy groups -OCH3 is 1. The number of pyridine rings is 1. The monoisotopic (exact) mass is 663 g/mol. The Balaban J connectivity index is 1.34. The third kappa shape index (κ3) is 8.01. The maximum atomic E-state index is 14.1. The Hall–Kier alpha value is -6.24. The van der Waals surface area contributed by atoms with Gasteiger partial charge in [0.1, 0.15) is 29.1 Å². The number of rotatable bonds is 13. The number of carbonyl (C=O) groups is 3. The number of amides is 2. The Bertz CT molecular complexity index is 1960. The summed E-state index contributed by atoms with van der Waals surface area (Å²) in [6.07, 6.45) is 1.58. The van der Waals surface area contributed by atoms with Gasteiger partial charge in [0, 0.05) is 42.2 Å². The molecule has 4 N–H and O–H groups in total. The van der Waals surface area contributed by atoms with E-state index in [0.29, 0.717) is 52.6 Å². The summed E-state index contributed by atoms with van der Waals surface area (Å²) in [6, 6.07) is 24.2. The number of aromatic nitrogens is 3. The van der Waals surface area contributed by atoms with Crippen LogP contribution < -0.4 is 20.3 Å². The first-order valence-corrected chi connectivity index (χ1v) is 15.6. The molecule has 0 saturated carbocycles. The van der Waals surface area contributed by atoms with E-state index in [9.17, 15) is 19.5 Å². The normalized spacial score (nSPS) is 11.4. The van der Waals surface area contributed by atoms with Crippen molar-refractivity contribution in [3.8, 4) is 5.75 Å². The van der Waals surface area contributed by atoms with Crippen LogP contribution in [-0.4, -0.2) is 63.7 Å². The fourth-order valence-corrected chi connectivity index (χ4v) is 5.28. The van der Waals surface area contributed by atoms with Gasteiger partial charge in [0.15, 0.2) is 0 Å². The molecule has 0 aliphatic rings. The van der Waals surface area contributed by atoms with E-state index in [0.717, 1.165) is 11.2 Å². The highest BCUT2D eigenvalue weighted by Gasteiger charge is 2.30. The van der Waals surface area contributed by atoms with Gasteiger partial charge >= 0.3 is 12.1 Å². The van der Waals surface area contributed by atoms with Gasteiger partial charge in [0.25, 0.3) is 5.91 Å². The minimum Gasteiger partial charge on any atom is -0.496 e. The van der Waals surface area contributed by atoms with Gasteiger partial charge in [-0.15, -0.1) is 0 Å². The standard InChI is InChI=1S/C36H37N7O6/c1-4-19-49-36(47)41-33(37)23-12-15-25(16-13-23)39-21-32-40-28-20-24(14-17-29(28)42(32)2)34(44)43(31-11-7-8-18-38-31)22-27(35(45)46)26-9-5-6-10-30(26)48-3/h5-18,20,27,39H,4,19,21-22H2,1-3H3,(H,45,46)(H2,37,41,47). The Kier molecular flexibility index (Phi) is 10.8. The number of benzene rings is 3. The van der Waals surface area contributed by atoms with Crippen LogP contribution in [0.1, 0.15) is 46.6 Å². The van der Waals surface area contributed by atoms with Crippen LogP contribution in [0.5, 0.6) is 5.75 Å². The predicted molar refractivity (Wildman–Crippen MR) is 185 cm³/mol. The molecule has 0 aliphatic carbocycles. The fraction of sp³-hybridized carbons (Fsp3) is 0.222. The zero-order valence-electron chi connectivity index (χ0n) is 27.3. The van der Waals surface area contributed by atoms with Crippen molar-refractivity contribution < 1.29 is 29.0 Å². The number of hydrogen-bond donors (Lipinski definition) is 4. The molecule has 252 valence electrons. The molecular formula is C36H37N7O6. The Morgan fingerprint density at radius 3 is 2.43 bits per heavy atom. The zero-order valence-corrected chi connectivity index (χ0v) is 27.3. The SMILES string of the molecule is CCCOC(=O)NC(=N)c1ccc(NCc2nc3cc(C(=O)N(CC(C(=O)O)c4ccccc4OC)c4ccccn4)ccc3n2C)cc1. The molecule has 2 heterocycles. The van der Waals surface area contributed by atoms with Gasteiger partial charge in [0.2, 0.25) is 0 Å². The molecule has 0 fully saturated rings. The van der Waals surface area contributed by atoms with E-state index < -0.39 is 23.9 Å². The number of fused-ring (bicyclic) bond motifs is 1. The molecule has 5 rings (SSSR count). The summed E-state index contributed by atoms with van der Waals surface area (Å²) in [5.41, 5.74) is 3.47. The largest absolute Gasteiger partial charge is 0.496 e. The summed E-state index contributed by atoms with van der Waals surface area (Å²) in [4.78, 5) is 48.9. The number of carbonyl (C=O) groups excluding carboxylic acids is 2. The summed E-state index contributed by atoms with van der Waals surface area (Å²) < 4.78 is 12.3. The molecule has 0 radical (unpaired) electrons. The van der Waals surface area contributed by atoms with Gasteiger partial charge < -0.3 is 24.5 Å². The van der Waals surface area contributed by atoms with Crippen LogP contribution in [0.25, 0.3) is 11.0 Å². The van der Waals surface area contributed by atoms with Crippen LogP contribution in [0, 0.1) is 5.41 Å². The smallest absolute Gasteiger partial charge is 0.412 e. The number of anilines is 2. The number of carboxylic acids is 1. The highest BCUT2D eigenvalue weighted by atomic mass is 16.5. The molecule has 13 heteroatoms. The first-order chi connectivity index (χ1) is 23.7. The number of amidine groups is 1. The third-order valence-electron chi connectivity index (χ3n) is 7.86. The van der Waals surface area contributed by atoms with Crippen molar-refractivity contribution in [3.63, 3.8) is 0 Å². The predicted octanol–water partition coefficient (Wildman–Crippen LogP) is 5.57. The quantitative estimate of drug-likeness (QED) is 0.0929. The van der Waals surface area contributed by atoms with Crippen LogP contribution in [0.4, 0.5) is 16.3 Å². The summed E-state index contributed by atoms with van der Waals surface area (Å²) in [5, 5.41) is 24.1. The van der Waals surface area contributed by atoms with E-state index in [1.165, 1.54) is 12.0 Å². The van der Waals surface area contributed by atoms with Crippen molar-refractivity contribution in [2.24, 2.45) is 7.05 Å². The van der Waals surface area contributed by atoms with E-state index in [1.54, 1.807) is 85.1 Å². The molecule has 5 aromatic rings. The van der Waals surface area contributed by atoms with E-state index in [-0.39, 0.29) is 19.0 Å². The van der Waals surface area contributed by atoms with Crippen molar-refractivity contribution in [1.82, 2.24) is 19.9 Å². The number of para-hydroxylation sites is 1. The lowest BCUT2D eigenvalue weighted by Gasteiger charge is -2.26. The first kappa shape index (κ1) is 34.1. The number of ether oxygens (including phenoxy) is 2. The van der Waals surface area contributed by atoms with Crippen molar-refractivity contribution >= 4 is 46.3 Å². The van der Waals surface area contributed by atoms with Crippen LogP contribution in [0.2, 0.25) is 0 Å². The lowest BCUT2D eigenvalue weighted by molar-refractivity contribution is -0.138. The molecule has 3 aromatic carbocycles. The molecule has 1 unspecified atom stereocenters. The van der Waals surface area contributed by atoms with Gasteiger partial charge in [-0.3, -0.25) is 25.2 Å². The molecule has 0 bridgehead atoms. The first-order valence-electron chi connectivity index (χ1n) is 15.6. The van der Waals surface area contributed by atoms with E-state index in [4.69, 9.17) is 19.9 Å².